The van der Waals surface area contributed by atoms with Gasteiger partial charge in [0.2, 0.25) is 5.13 Å². The average molecular weight is 464 g/mol. The van der Waals surface area contributed by atoms with Crippen LogP contribution < -0.4 is 5.32 Å². The van der Waals surface area contributed by atoms with Gasteiger partial charge in [0.25, 0.3) is 5.91 Å². The highest BCUT2D eigenvalue weighted by molar-refractivity contribution is 8.00. The van der Waals surface area contributed by atoms with Crippen LogP contribution in [-0.2, 0) is 10.5 Å². The molecule has 0 saturated carbocycles. The number of anilines is 1. The molecule has 160 valence electrons. The number of hydrogen-bond donors (Lipinski definition) is 2. The Labute approximate surface area is 191 Å². The molecule has 32 heavy (non-hydrogen) atoms. The average Bonchev–Trinajstić information content (AvgIpc) is 3.44. The first-order chi connectivity index (χ1) is 15.6. The molecular formula is C22H17N5O3S2. The lowest BCUT2D eigenvalue weighted by Gasteiger charge is -2.01. The van der Waals surface area contributed by atoms with Crippen LogP contribution >= 0.6 is 23.1 Å². The van der Waals surface area contributed by atoms with E-state index >= 15 is 0 Å². The molecule has 2 N–H and O–H groups in total. The lowest BCUT2D eigenvalue weighted by molar-refractivity contribution is 0.0520. The van der Waals surface area contributed by atoms with Crippen molar-refractivity contribution in [2.24, 2.45) is 0 Å². The summed E-state index contributed by atoms with van der Waals surface area (Å²) < 4.78 is 5.72. The normalized spacial score (nSPS) is 10.6. The topological polar surface area (TPSA) is 121 Å². The molecule has 0 atom stereocenters. The summed E-state index contributed by atoms with van der Waals surface area (Å²) in [6.45, 7) is 2.03. The fourth-order valence-electron chi connectivity index (χ4n) is 2.90. The number of carbonyl (C=O) groups is 2. The number of aromatic amines is 1. The lowest BCUT2D eigenvalue weighted by Crippen LogP contribution is -2.11. The van der Waals surface area contributed by atoms with Gasteiger partial charge in [-0.15, -0.1) is 10.2 Å². The molecule has 2 aromatic heterocycles. The molecule has 0 unspecified atom stereocenters. The van der Waals surface area contributed by atoms with Gasteiger partial charge in [-0.05, 0) is 48.9 Å². The molecule has 0 aliphatic rings. The first-order valence-corrected chi connectivity index (χ1v) is 11.4. The molecule has 0 aliphatic carbocycles. The number of rotatable bonds is 7. The van der Waals surface area contributed by atoms with Crippen molar-refractivity contribution in [1.82, 2.24) is 15.2 Å². The zero-order valence-corrected chi connectivity index (χ0v) is 18.5. The summed E-state index contributed by atoms with van der Waals surface area (Å²) in [5, 5.41) is 20.9. The van der Waals surface area contributed by atoms with Crippen molar-refractivity contribution >= 4 is 51.0 Å². The van der Waals surface area contributed by atoms with E-state index in [0.717, 1.165) is 20.8 Å². The number of nitriles is 1. The maximum atomic E-state index is 12.6. The number of nitrogens with one attached hydrogen (secondary N) is 2. The van der Waals surface area contributed by atoms with E-state index < -0.39 is 5.97 Å². The van der Waals surface area contributed by atoms with Crippen LogP contribution in [0.1, 0.15) is 38.9 Å². The SMILES string of the molecule is CCOC(=O)c1cc2cc(C(=O)Nc3nnc(SCc4ccc(C#N)cc4)s3)ccc2[nH]1. The number of H-pyrrole nitrogens is 1. The van der Waals surface area contributed by atoms with Gasteiger partial charge in [0.15, 0.2) is 4.34 Å². The number of thioether (sulfide) groups is 1. The van der Waals surface area contributed by atoms with Gasteiger partial charge in [-0.3, -0.25) is 10.1 Å². The Bertz CT molecular complexity index is 1320. The fourth-order valence-corrected chi connectivity index (χ4v) is 4.60. The second-order valence-electron chi connectivity index (χ2n) is 6.63. The predicted octanol–water partition coefficient (Wildman–Crippen LogP) is 4.61. The molecule has 2 aromatic carbocycles. The summed E-state index contributed by atoms with van der Waals surface area (Å²) in [5.74, 6) is -0.0680. The van der Waals surface area contributed by atoms with Gasteiger partial charge in [0.1, 0.15) is 5.69 Å². The highest BCUT2D eigenvalue weighted by Crippen LogP contribution is 2.29. The van der Waals surface area contributed by atoms with Gasteiger partial charge in [-0.1, -0.05) is 35.2 Å². The van der Waals surface area contributed by atoms with Crippen LogP contribution in [0.5, 0.6) is 0 Å². The van der Waals surface area contributed by atoms with Crippen molar-refractivity contribution in [2.75, 3.05) is 11.9 Å². The highest BCUT2D eigenvalue weighted by Gasteiger charge is 2.14. The summed E-state index contributed by atoms with van der Waals surface area (Å²) in [5.41, 5.74) is 3.20. The molecule has 10 heteroatoms. The van der Waals surface area contributed by atoms with Gasteiger partial charge < -0.3 is 9.72 Å². The van der Waals surface area contributed by atoms with E-state index in [1.807, 2.05) is 12.1 Å². The molecule has 0 spiro atoms. The van der Waals surface area contributed by atoms with Gasteiger partial charge in [-0.2, -0.15) is 5.26 Å². The minimum Gasteiger partial charge on any atom is -0.461 e. The number of hydrogen-bond acceptors (Lipinski definition) is 8. The molecule has 1 amide bonds. The van der Waals surface area contributed by atoms with Crippen molar-refractivity contribution in [3.05, 3.63) is 70.9 Å². The molecular weight excluding hydrogens is 446 g/mol. The smallest absolute Gasteiger partial charge is 0.354 e. The Kier molecular flexibility index (Phi) is 6.49. The maximum Gasteiger partial charge on any atom is 0.354 e. The molecule has 4 rings (SSSR count). The number of carbonyl (C=O) groups excluding carboxylic acids is 2. The Balaban J connectivity index is 1.39. The fraction of sp³-hybridized carbons (Fsp3) is 0.136. The van der Waals surface area contributed by atoms with Gasteiger partial charge in [0, 0.05) is 22.2 Å². The molecule has 0 saturated heterocycles. The van der Waals surface area contributed by atoms with E-state index in [9.17, 15) is 9.59 Å². The molecule has 0 radical (unpaired) electrons. The molecule has 0 fully saturated rings. The Morgan fingerprint density at radius 3 is 2.75 bits per heavy atom. The van der Waals surface area contributed by atoms with E-state index in [2.05, 4.69) is 26.6 Å². The van der Waals surface area contributed by atoms with Crippen molar-refractivity contribution in [2.45, 2.75) is 17.0 Å². The zero-order chi connectivity index (χ0) is 22.5. The van der Waals surface area contributed by atoms with Crippen LogP contribution in [0.15, 0.2) is 52.9 Å². The van der Waals surface area contributed by atoms with E-state index in [1.165, 1.54) is 23.1 Å². The molecule has 4 aromatic rings. The number of nitrogens with zero attached hydrogens (tertiary/aromatic N) is 3. The number of benzene rings is 2. The van der Waals surface area contributed by atoms with Gasteiger partial charge >= 0.3 is 5.97 Å². The standard InChI is InChI=1S/C22H17N5O3S2/c1-2-30-20(29)18-10-16-9-15(7-8-17(16)24-18)19(28)25-21-26-27-22(32-21)31-12-14-5-3-13(11-23)4-6-14/h3-10,24H,2,12H2,1H3,(H,25,26,28). The summed E-state index contributed by atoms with van der Waals surface area (Å²) in [6, 6.07) is 16.2. The third-order valence-electron chi connectivity index (χ3n) is 4.45. The number of fused-ring (bicyclic) bond motifs is 1. The van der Waals surface area contributed by atoms with Crippen molar-refractivity contribution in [3.8, 4) is 6.07 Å². The zero-order valence-electron chi connectivity index (χ0n) is 16.9. The lowest BCUT2D eigenvalue weighted by atomic mass is 10.1. The van der Waals surface area contributed by atoms with Crippen molar-refractivity contribution in [3.63, 3.8) is 0 Å². The summed E-state index contributed by atoms with van der Waals surface area (Å²) >= 11 is 2.79. The summed E-state index contributed by atoms with van der Waals surface area (Å²) in [4.78, 5) is 27.5. The van der Waals surface area contributed by atoms with Gasteiger partial charge in [-0.25, -0.2) is 4.79 Å². The van der Waals surface area contributed by atoms with Crippen LogP contribution in [-0.4, -0.2) is 33.7 Å². The van der Waals surface area contributed by atoms with E-state index in [4.69, 9.17) is 10.00 Å². The first-order valence-electron chi connectivity index (χ1n) is 9.62. The maximum absolute atomic E-state index is 12.6. The minimum absolute atomic E-state index is 0.289. The van der Waals surface area contributed by atoms with Crippen LogP contribution in [0.25, 0.3) is 10.9 Å². The van der Waals surface area contributed by atoms with Crippen LogP contribution in [0.2, 0.25) is 0 Å². The van der Waals surface area contributed by atoms with E-state index in [-0.39, 0.29) is 12.5 Å². The number of esters is 1. The number of aromatic nitrogens is 3. The first kappa shape index (κ1) is 21.5. The minimum atomic E-state index is -0.436. The van der Waals surface area contributed by atoms with Gasteiger partial charge in [0.05, 0.1) is 18.2 Å². The number of amides is 1. The molecule has 0 aliphatic heterocycles. The highest BCUT2D eigenvalue weighted by atomic mass is 32.2. The summed E-state index contributed by atoms with van der Waals surface area (Å²) in [6.07, 6.45) is 0. The third kappa shape index (κ3) is 4.96. The van der Waals surface area contributed by atoms with Crippen molar-refractivity contribution < 1.29 is 14.3 Å². The van der Waals surface area contributed by atoms with Crippen LogP contribution in [0.4, 0.5) is 5.13 Å². The second kappa shape index (κ2) is 9.64. The van der Waals surface area contributed by atoms with E-state index in [1.54, 1.807) is 43.3 Å². The Morgan fingerprint density at radius 2 is 2.00 bits per heavy atom. The largest absolute Gasteiger partial charge is 0.461 e. The summed E-state index contributed by atoms with van der Waals surface area (Å²) in [7, 11) is 0. The monoisotopic (exact) mass is 463 g/mol. The Hall–Kier alpha value is -3.68. The molecule has 2 heterocycles. The quantitative estimate of drug-likeness (QED) is 0.233. The second-order valence-corrected chi connectivity index (χ2v) is 8.83. The third-order valence-corrected chi connectivity index (χ3v) is 6.49. The Morgan fingerprint density at radius 1 is 1.19 bits per heavy atom. The van der Waals surface area contributed by atoms with Crippen molar-refractivity contribution in [1.29, 1.82) is 5.26 Å². The van der Waals surface area contributed by atoms with Crippen LogP contribution in [0.3, 0.4) is 0 Å². The number of ether oxygens (including phenoxy) is 1. The van der Waals surface area contributed by atoms with E-state index in [0.29, 0.717) is 27.7 Å². The molecule has 0 bridgehead atoms. The van der Waals surface area contributed by atoms with Crippen LogP contribution in [0, 0.1) is 11.3 Å². The predicted molar refractivity (Wildman–Crippen MR) is 123 cm³/mol. The molecule has 8 nitrogen and oxygen atoms in total.